The fourth-order valence-electron chi connectivity index (χ4n) is 2.13. The van der Waals surface area contributed by atoms with Gasteiger partial charge in [0.2, 0.25) is 5.91 Å². The molecule has 118 valence electrons. The van der Waals surface area contributed by atoms with Crippen LogP contribution < -0.4 is 5.32 Å². The van der Waals surface area contributed by atoms with Crippen molar-refractivity contribution in [2.24, 2.45) is 0 Å². The number of aryl methyl sites for hydroxylation is 1. The zero-order chi connectivity index (χ0) is 15.9. The van der Waals surface area contributed by atoms with Gasteiger partial charge in [0.05, 0.1) is 0 Å². The molecule has 2 rings (SSSR count). The van der Waals surface area contributed by atoms with Crippen LogP contribution in [0.3, 0.4) is 0 Å². The normalized spacial score (nSPS) is 10.9. The van der Waals surface area contributed by atoms with Crippen LogP contribution in [-0.2, 0) is 11.3 Å². The van der Waals surface area contributed by atoms with Crippen molar-refractivity contribution < 1.29 is 13.7 Å². The number of carbonyl (C=O) groups excluding carboxylic acids is 1. The molecule has 1 heterocycles. The first-order valence-electron chi connectivity index (χ1n) is 7.27. The van der Waals surface area contributed by atoms with E-state index in [2.05, 4.69) is 15.4 Å². The average molecular weight is 305 g/mol. The third-order valence-corrected chi connectivity index (χ3v) is 3.29. The van der Waals surface area contributed by atoms with Crippen molar-refractivity contribution in [3.05, 3.63) is 47.5 Å². The molecule has 1 aromatic carbocycles. The molecule has 1 N–H and O–H groups in total. The van der Waals surface area contributed by atoms with Crippen LogP contribution >= 0.6 is 0 Å². The van der Waals surface area contributed by atoms with E-state index in [0.717, 1.165) is 12.1 Å². The lowest BCUT2D eigenvalue weighted by Gasteiger charge is -2.20. The van der Waals surface area contributed by atoms with Crippen LogP contribution in [-0.4, -0.2) is 29.1 Å². The smallest absolute Gasteiger partial charge is 0.226 e. The van der Waals surface area contributed by atoms with E-state index in [1.54, 1.807) is 19.1 Å². The summed E-state index contributed by atoms with van der Waals surface area (Å²) in [6, 6.07) is 8.18. The minimum atomic E-state index is -0.243. The molecule has 0 fully saturated rings. The Hall–Kier alpha value is -2.21. The van der Waals surface area contributed by atoms with E-state index < -0.39 is 0 Å². The lowest BCUT2D eigenvalue weighted by atomic mass is 10.2. The van der Waals surface area contributed by atoms with E-state index in [-0.39, 0.29) is 11.7 Å². The van der Waals surface area contributed by atoms with E-state index in [1.165, 1.54) is 12.1 Å². The molecule has 1 amide bonds. The summed E-state index contributed by atoms with van der Waals surface area (Å²) in [5.41, 5.74) is 0.898. The van der Waals surface area contributed by atoms with E-state index in [9.17, 15) is 9.18 Å². The first kappa shape index (κ1) is 16.2. The highest BCUT2D eigenvalue weighted by Crippen LogP contribution is 2.09. The van der Waals surface area contributed by atoms with Gasteiger partial charge in [-0.15, -0.1) is 0 Å². The van der Waals surface area contributed by atoms with Crippen molar-refractivity contribution in [1.82, 2.24) is 10.1 Å². The topological polar surface area (TPSA) is 58.4 Å². The highest BCUT2D eigenvalue weighted by atomic mass is 19.1. The number of nitrogens with one attached hydrogen (secondary N) is 1. The predicted octanol–water partition coefficient (Wildman–Crippen LogP) is 2.97. The molecular weight excluding hydrogens is 285 g/mol. The van der Waals surface area contributed by atoms with Crippen LogP contribution in [0.4, 0.5) is 10.2 Å². The number of benzene rings is 1. The monoisotopic (exact) mass is 305 g/mol. The molecule has 5 nitrogen and oxygen atoms in total. The number of aromatic nitrogens is 1. The lowest BCUT2D eigenvalue weighted by molar-refractivity contribution is -0.116. The summed E-state index contributed by atoms with van der Waals surface area (Å²) in [6.07, 6.45) is 0.342. The maximum Gasteiger partial charge on any atom is 0.226 e. The van der Waals surface area contributed by atoms with Gasteiger partial charge in [-0.1, -0.05) is 24.2 Å². The SMILES string of the molecule is CCN(CCC(=O)Nc1cc(C)on1)Cc1cccc(F)c1. The molecule has 0 aliphatic rings. The summed E-state index contributed by atoms with van der Waals surface area (Å²) in [7, 11) is 0. The molecule has 1 aromatic heterocycles. The van der Waals surface area contributed by atoms with Gasteiger partial charge in [-0.3, -0.25) is 9.69 Å². The van der Waals surface area contributed by atoms with Gasteiger partial charge in [0.25, 0.3) is 0 Å². The molecule has 0 unspecified atom stereocenters. The van der Waals surface area contributed by atoms with E-state index in [4.69, 9.17) is 4.52 Å². The van der Waals surface area contributed by atoms with Gasteiger partial charge in [0.15, 0.2) is 5.82 Å². The van der Waals surface area contributed by atoms with E-state index in [1.807, 2.05) is 13.0 Å². The van der Waals surface area contributed by atoms with Crippen molar-refractivity contribution in [3.63, 3.8) is 0 Å². The summed E-state index contributed by atoms with van der Waals surface area (Å²) in [4.78, 5) is 14.0. The van der Waals surface area contributed by atoms with Crippen molar-refractivity contribution in [2.45, 2.75) is 26.8 Å². The number of hydrogen-bond acceptors (Lipinski definition) is 4. The average Bonchev–Trinajstić information content (AvgIpc) is 2.88. The Bertz CT molecular complexity index is 627. The van der Waals surface area contributed by atoms with Gasteiger partial charge in [0, 0.05) is 25.6 Å². The third kappa shape index (κ3) is 4.96. The fourth-order valence-corrected chi connectivity index (χ4v) is 2.13. The minimum Gasteiger partial charge on any atom is -0.360 e. The Morgan fingerprint density at radius 3 is 2.86 bits per heavy atom. The zero-order valence-electron chi connectivity index (χ0n) is 12.8. The molecule has 22 heavy (non-hydrogen) atoms. The van der Waals surface area contributed by atoms with Gasteiger partial charge < -0.3 is 9.84 Å². The Balaban J connectivity index is 1.81. The van der Waals surface area contributed by atoms with Crippen molar-refractivity contribution in [1.29, 1.82) is 0 Å². The van der Waals surface area contributed by atoms with Gasteiger partial charge in [0.1, 0.15) is 11.6 Å². The highest BCUT2D eigenvalue weighted by Gasteiger charge is 2.10. The molecule has 0 saturated heterocycles. The molecule has 2 aromatic rings. The van der Waals surface area contributed by atoms with Crippen LogP contribution in [0.1, 0.15) is 24.7 Å². The summed E-state index contributed by atoms with van der Waals surface area (Å²) < 4.78 is 18.1. The van der Waals surface area contributed by atoms with Gasteiger partial charge >= 0.3 is 0 Å². The van der Waals surface area contributed by atoms with Gasteiger partial charge in [-0.25, -0.2) is 4.39 Å². The maximum atomic E-state index is 13.2. The van der Waals surface area contributed by atoms with Crippen LogP contribution in [0.2, 0.25) is 0 Å². The Morgan fingerprint density at radius 2 is 2.23 bits per heavy atom. The zero-order valence-corrected chi connectivity index (χ0v) is 12.8. The second-order valence-corrected chi connectivity index (χ2v) is 5.12. The Labute approximate surface area is 129 Å². The van der Waals surface area contributed by atoms with Crippen LogP contribution in [0, 0.1) is 12.7 Å². The van der Waals surface area contributed by atoms with E-state index >= 15 is 0 Å². The molecule has 0 aliphatic carbocycles. The summed E-state index contributed by atoms with van der Waals surface area (Å²) in [6.45, 7) is 5.77. The van der Waals surface area contributed by atoms with Crippen molar-refractivity contribution in [2.75, 3.05) is 18.4 Å². The van der Waals surface area contributed by atoms with Gasteiger partial charge in [-0.05, 0) is 31.2 Å². The summed E-state index contributed by atoms with van der Waals surface area (Å²) >= 11 is 0. The third-order valence-electron chi connectivity index (χ3n) is 3.29. The lowest BCUT2D eigenvalue weighted by Crippen LogP contribution is -2.27. The van der Waals surface area contributed by atoms with Crippen LogP contribution in [0.15, 0.2) is 34.9 Å². The minimum absolute atomic E-state index is 0.119. The highest BCUT2D eigenvalue weighted by molar-refractivity contribution is 5.89. The molecule has 0 radical (unpaired) electrons. The molecule has 6 heteroatoms. The molecule has 0 bridgehead atoms. The second kappa shape index (κ2) is 7.70. The van der Waals surface area contributed by atoms with Crippen molar-refractivity contribution in [3.8, 4) is 0 Å². The van der Waals surface area contributed by atoms with Crippen molar-refractivity contribution >= 4 is 11.7 Å². The fraction of sp³-hybridized carbons (Fsp3) is 0.375. The quantitative estimate of drug-likeness (QED) is 0.854. The maximum absolute atomic E-state index is 13.2. The molecule has 0 saturated carbocycles. The number of anilines is 1. The standard InChI is InChI=1S/C16H20FN3O2/c1-3-20(11-13-5-4-6-14(17)10-13)8-7-16(21)18-15-9-12(2)22-19-15/h4-6,9-10H,3,7-8,11H2,1-2H3,(H,18,19,21). The number of carbonyl (C=O) groups is 1. The largest absolute Gasteiger partial charge is 0.360 e. The summed E-state index contributed by atoms with van der Waals surface area (Å²) in [5.74, 6) is 0.714. The van der Waals surface area contributed by atoms with Gasteiger partial charge in [-0.2, -0.15) is 0 Å². The number of hydrogen-bond donors (Lipinski definition) is 1. The molecule has 0 spiro atoms. The summed E-state index contributed by atoms with van der Waals surface area (Å²) in [5, 5.41) is 6.40. The number of halogens is 1. The van der Waals surface area contributed by atoms with E-state index in [0.29, 0.717) is 31.1 Å². The van der Waals surface area contributed by atoms with Crippen LogP contribution in [0.25, 0.3) is 0 Å². The molecule has 0 aliphatic heterocycles. The number of rotatable bonds is 7. The predicted molar refractivity (Wildman–Crippen MR) is 81.8 cm³/mol. The second-order valence-electron chi connectivity index (χ2n) is 5.12. The first-order valence-corrected chi connectivity index (χ1v) is 7.27. The first-order chi connectivity index (χ1) is 10.6. The number of amides is 1. The Kier molecular flexibility index (Phi) is 5.66. The van der Waals surface area contributed by atoms with Crippen LogP contribution in [0.5, 0.6) is 0 Å². The molecule has 0 atom stereocenters. The molecular formula is C16H20FN3O2. The Morgan fingerprint density at radius 1 is 1.41 bits per heavy atom. The number of nitrogens with zero attached hydrogens (tertiary/aromatic N) is 2.